The second-order valence-corrected chi connectivity index (χ2v) is 4.52. The monoisotopic (exact) mass is 184 g/mol. The van der Waals surface area contributed by atoms with E-state index in [9.17, 15) is 0 Å². The quantitative estimate of drug-likeness (QED) is 0.720. The molecule has 0 saturated carbocycles. The highest BCUT2D eigenvalue weighted by atomic mass is 15.2. The van der Waals surface area contributed by atoms with Gasteiger partial charge < -0.3 is 5.32 Å². The third-order valence-corrected chi connectivity index (χ3v) is 3.35. The van der Waals surface area contributed by atoms with E-state index in [2.05, 4.69) is 31.0 Å². The first-order valence-corrected chi connectivity index (χ1v) is 5.58. The minimum atomic E-state index is 0.614. The molecule has 1 N–H and O–H groups in total. The molecule has 3 atom stereocenters. The molecule has 13 heavy (non-hydrogen) atoms. The summed E-state index contributed by atoms with van der Waals surface area (Å²) in [5, 5.41) is 3.31. The molecule has 0 bridgehead atoms. The van der Waals surface area contributed by atoms with E-state index in [0.29, 0.717) is 6.04 Å². The lowest BCUT2D eigenvalue weighted by Gasteiger charge is -2.40. The van der Waals surface area contributed by atoms with E-state index in [4.69, 9.17) is 0 Å². The van der Waals surface area contributed by atoms with Crippen LogP contribution in [0.15, 0.2) is 0 Å². The average Bonchev–Trinajstić information content (AvgIpc) is 2.11. The molecule has 0 aromatic heterocycles. The van der Waals surface area contributed by atoms with Crippen molar-refractivity contribution in [2.24, 2.45) is 0 Å². The summed E-state index contributed by atoms with van der Waals surface area (Å²) >= 11 is 0. The van der Waals surface area contributed by atoms with Crippen LogP contribution in [0.2, 0.25) is 0 Å². The Morgan fingerprint density at radius 2 is 1.85 bits per heavy atom. The van der Waals surface area contributed by atoms with Gasteiger partial charge in [-0.1, -0.05) is 6.42 Å². The normalized spacial score (nSPS) is 33.2. The summed E-state index contributed by atoms with van der Waals surface area (Å²) in [7, 11) is 2.05. The zero-order valence-electron chi connectivity index (χ0n) is 9.51. The summed E-state index contributed by atoms with van der Waals surface area (Å²) in [5.74, 6) is 0. The predicted octanol–water partition coefficient (Wildman–Crippen LogP) is 1.86. The van der Waals surface area contributed by atoms with Crippen molar-refractivity contribution < 1.29 is 0 Å². The second kappa shape index (κ2) is 4.97. The van der Waals surface area contributed by atoms with Crippen LogP contribution < -0.4 is 5.32 Å². The van der Waals surface area contributed by atoms with Crippen molar-refractivity contribution in [2.75, 3.05) is 13.6 Å². The fraction of sp³-hybridized carbons (Fsp3) is 1.00. The summed E-state index contributed by atoms with van der Waals surface area (Å²) in [5.41, 5.74) is 0. The van der Waals surface area contributed by atoms with Gasteiger partial charge in [0.25, 0.3) is 0 Å². The maximum Gasteiger partial charge on any atom is 0.0163 e. The zero-order chi connectivity index (χ0) is 9.84. The molecule has 0 aromatic rings. The van der Waals surface area contributed by atoms with Gasteiger partial charge in [0.2, 0.25) is 0 Å². The maximum atomic E-state index is 3.31. The Balaban J connectivity index is 2.43. The van der Waals surface area contributed by atoms with Crippen LogP contribution in [0.3, 0.4) is 0 Å². The van der Waals surface area contributed by atoms with Gasteiger partial charge in [-0.3, -0.25) is 4.90 Å². The van der Waals surface area contributed by atoms with Gasteiger partial charge in [-0.15, -0.1) is 0 Å². The number of hydrogen-bond donors (Lipinski definition) is 1. The van der Waals surface area contributed by atoms with Crippen LogP contribution >= 0.6 is 0 Å². The topological polar surface area (TPSA) is 15.3 Å². The standard InChI is InChI=1S/C11H24N2/c1-9(12-4)8-13-10(2)6-5-7-11(13)3/h9-12H,5-8H2,1-4H3/t9-,10?,11?/m0/s1. The second-order valence-electron chi connectivity index (χ2n) is 4.52. The van der Waals surface area contributed by atoms with Crippen LogP contribution in [0, 0.1) is 0 Å². The number of likely N-dealkylation sites (N-methyl/N-ethyl adjacent to an activating group) is 1. The van der Waals surface area contributed by atoms with Gasteiger partial charge in [-0.25, -0.2) is 0 Å². The van der Waals surface area contributed by atoms with Gasteiger partial charge in [-0.2, -0.15) is 0 Å². The summed E-state index contributed by atoms with van der Waals surface area (Å²) in [4.78, 5) is 2.64. The largest absolute Gasteiger partial charge is 0.316 e. The van der Waals surface area contributed by atoms with Gasteiger partial charge in [0.05, 0.1) is 0 Å². The Bertz CT molecular complexity index is 137. The van der Waals surface area contributed by atoms with Crippen molar-refractivity contribution in [1.29, 1.82) is 0 Å². The van der Waals surface area contributed by atoms with Crippen molar-refractivity contribution in [3.63, 3.8) is 0 Å². The van der Waals surface area contributed by atoms with Gasteiger partial charge in [0.1, 0.15) is 0 Å². The highest BCUT2D eigenvalue weighted by Crippen LogP contribution is 2.22. The van der Waals surface area contributed by atoms with Gasteiger partial charge in [0, 0.05) is 24.7 Å². The van der Waals surface area contributed by atoms with E-state index in [1.54, 1.807) is 0 Å². The third-order valence-electron chi connectivity index (χ3n) is 3.35. The van der Waals surface area contributed by atoms with E-state index in [-0.39, 0.29) is 0 Å². The van der Waals surface area contributed by atoms with Crippen LogP contribution in [-0.4, -0.2) is 36.6 Å². The molecule has 0 radical (unpaired) electrons. The lowest BCUT2D eigenvalue weighted by atomic mass is 9.97. The van der Waals surface area contributed by atoms with Crippen molar-refractivity contribution in [1.82, 2.24) is 10.2 Å². The molecule has 0 aliphatic carbocycles. The number of likely N-dealkylation sites (tertiary alicyclic amines) is 1. The Hall–Kier alpha value is -0.0800. The molecule has 0 amide bonds. The van der Waals surface area contributed by atoms with E-state index in [1.165, 1.54) is 25.8 Å². The Morgan fingerprint density at radius 1 is 1.31 bits per heavy atom. The highest BCUT2D eigenvalue weighted by molar-refractivity contribution is 4.81. The lowest BCUT2D eigenvalue weighted by Crippen LogP contribution is -2.49. The van der Waals surface area contributed by atoms with E-state index >= 15 is 0 Å². The number of rotatable bonds is 3. The number of nitrogens with zero attached hydrogens (tertiary/aromatic N) is 1. The first kappa shape index (κ1) is 11.0. The van der Waals surface area contributed by atoms with E-state index < -0.39 is 0 Å². The Labute approximate surface area is 82.7 Å². The van der Waals surface area contributed by atoms with Crippen LogP contribution in [0.5, 0.6) is 0 Å². The predicted molar refractivity (Wildman–Crippen MR) is 58.0 cm³/mol. The summed E-state index contributed by atoms with van der Waals surface area (Å²) < 4.78 is 0. The summed E-state index contributed by atoms with van der Waals surface area (Å²) in [6.07, 6.45) is 4.16. The molecule has 2 unspecified atom stereocenters. The van der Waals surface area contributed by atoms with Crippen LogP contribution in [0.1, 0.15) is 40.0 Å². The number of hydrogen-bond acceptors (Lipinski definition) is 2. The molecule has 1 aliphatic rings. The van der Waals surface area contributed by atoms with Gasteiger partial charge in [0.15, 0.2) is 0 Å². The molecule has 1 fully saturated rings. The molecule has 1 rings (SSSR count). The molecule has 0 aromatic carbocycles. The molecule has 0 spiro atoms. The van der Waals surface area contributed by atoms with Gasteiger partial charge in [-0.05, 0) is 40.7 Å². The summed E-state index contributed by atoms with van der Waals surface area (Å²) in [6, 6.07) is 2.17. The van der Waals surface area contributed by atoms with Gasteiger partial charge >= 0.3 is 0 Å². The Morgan fingerprint density at radius 3 is 2.31 bits per heavy atom. The smallest absolute Gasteiger partial charge is 0.0163 e. The minimum Gasteiger partial charge on any atom is -0.316 e. The van der Waals surface area contributed by atoms with Crippen molar-refractivity contribution >= 4 is 0 Å². The number of piperidine rings is 1. The molecule has 1 heterocycles. The van der Waals surface area contributed by atoms with E-state index in [0.717, 1.165) is 12.1 Å². The molecule has 2 nitrogen and oxygen atoms in total. The van der Waals surface area contributed by atoms with Crippen molar-refractivity contribution in [3.05, 3.63) is 0 Å². The first-order chi connectivity index (χ1) is 6.15. The highest BCUT2D eigenvalue weighted by Gasteiger charge is 2.25. The maximum absolute atomic E-state index is 3.31. The average molecular weight is 184 g/mol. The van der Waals surface area contributed by atoms with E-state index in [1.807, 2.05) is 7.05 Å². The molecule has 2 heteroatoms. The first-order valence-electron chi connectivity index (χ1n) is 5.58. The molecule has 1 saturated heterocycles. The fourth-order valence-corrected chi connectivity index (χ4v) is 2.24. The van der Waals surface area contributed by atoms with Crippen molar-refractivity contribution in [3.8, 4) is 0 Å². The lowest BCUT2D eigenvalue weighted by molar-refractivity contribution is 0.0944. The molecule has 1 aliphatic heterocycles. The summed E-state index contributed by atoms with van der Waals surface area (Å²) in [6.45, 7) is 8.17. The van der Waals surface area contributed by atoms with Crippen LogP contribution in [-0.2, 0) is 0 Å². The fourth-order valence-electron chi connectivity index (χ4n) is 2.24. The van der Waals surface area contributed by atoms with Crippen LogP contribution in [0.4, 0.5) is 0 Å². The number of nitrogens with one attached hydrogen (secondary N) is 1. The molecular formula is C11H24N2. The third kappa shape index (κ3) is 2.96. The molecule has 78 valence electrons. The van der Waals surface area contributed by atoms with Crippen LogP contribution in [0.25, 0.3) is 0 Å². The van der Waals surface area contributed by atoms with Crippen molar-refractivity contribution in [2.45, 2.75) is 58.2 Å². The zero-order valence-corrected chi connectivity index (χ0v) is 9.51. The Kier molecular flexibility index (Phi) is 4.20. The molecular weight excluding hydrogens is 160 g/mol. The SMILES string of the molecule is CN[C@@H](C)CN1C(C)CCCC1C. The minimum absolute atomic E-state index is 0.614.